The lowest BCUT2D eigenvalue weighted by Gasteiger charge is -2.19. The molecule has 0 unspecified atom stereocenters. The molecule has 2 rings (SSSR count). The van der Waals surface area contributed by atoms with Gasteiger partial charge in [0, 0.05) is 12.3 Å². The van der Waals surface area contributed by atoms with Crippen LogP contribution >= 0.6 is 0 Å². The number of ether oxygens (including phenoxy) is 1. The molecule has 1 N–H and O–H groups in total. The van der Waals surface area contributed by atoms with Crippen LogP contribution in [0.1, 0.15) is 25.8 Å². The predicted molar refractivity (Wildman–Crippen MR) is 84.8 cm³/mol. The topological polar surface area (TPSA) is 78.8 Å². The summed E-state index contributed by atoms with van der Waals surface area (Å²) >= 11 is 0. The summed E-state index contributed by atoms with van der Waals surface area (Å²) in [6, 6.07) is 6.69. The quantitative estimate of drug-likeness (QED) is 0.889. The SMILES string of the molecule is CC(C)(C#N)CCOc1cccc(C(F)(F)F)c1-c1nccc(=O)[nH]1. The summed E-state index contributed by atoms with van der Waals surface area (Å²) in [5, 5.41) is 9.00. The molecule has 25 heavy (non-hydrogen) atoms. The molecule has 0 amide bonds. The van der Waals surface area contributed by atoms with Crippen LogP contribution in [0.3, 0.4) is 0 Å². The molecule has 0 aliphatic rings. The summed E-state index contributed by atoms with van der Waals surface area (Å²) in [5.41, 5.74) is -2.53. The lowest BCUT2D eigenvalue weighted by atomic mass is 9.92. The number of alkyl halides is 3. The van der Waals surface area contributed by atoms with Gasteiger partial charge >= 0.3 is 6.18 Å². The smallest absolute Gasteiger partial charge is 0.417 e. The second-order valence-electron chi connectivity index (χ2n) is 6.05. The first kappa shape index (κ1) is 18.5. The van der Waals surface area contributed by atoms with Gasteiger partial charge < -0.3 is 9.72 Å². The van der Waals surface area contributed by atoms with Crippen molar-refractivity contribution in [2.45, 2.75) is 26.4 Å². The fourth-order valence-electron chi connectivity index (χ4n) is 2.10. The van der Waals surface area contributed by atoms with Crippen LogP contribution in [-0.2, 0) is 6.18 Å². The van der Waals surface area contributed by atoms with Crippen molar-refractivity contribution in [3.63, 3.8) is 0 Å². The van der Waals surface area contributed by atoms with E-state index in [9.17, 15) is 18.0 Å². The summed E-state index contributed by atoms with van der Waals surface area (Å²) in [7, 11) is 0. The minimum atomic E-state index is -4.64. The van der Waals surface area contributed by atoms with Crippen LogP contribution in [0.15, 0.2) is 35.3 Å². The van der Waals surface area contributed by atoms with Crippen LogP contribution in [0.4, 0.5) is 13.2 Å². The van der Waals surface area contributed by atoms with Gasteiger partial charge in [-0.25, -0.2) is 4.98 Å². The molecule has 132 valence electrons. The molecule has 0 spiro atoms. The first-order chi connectivity index (χ1) is 11.6. The van der Waals surface area contributed by atoms with Gasteiger partial charge in [0.25, 0.3) is 5.56 Å². The Bertz CT molecular complexity index is 851. The fourth-order valence-corrected chi connectivity index (χ4v) is 2.10. The number of hydrogen-bond acceptors (Lipinski definition) is 4. The van der Waals surface area contributed by atoms with Gasteiger partial charge in [0.05, 0.1) is 29.2 Å². The molecule has 0 atom stereocenters. The largest absolute Gasteiger partial charge is 0.493 e. The standard InChI is InChI=1S/C17H16F3N3O2/c1-16(2,10-21)7-9-25-12-5-3-4-11(17(18,19)20)14(12)15-22-8-6-13(24)23-15/h3-6,8H,7,9H2,1-2H3,(H,22,23,24). The van der Waals surface area contributed by atoms with Crippen LogP contribution < -0.4 is 10.3 Å². The number of nitrogens with one attached hydrogen (secondary N) is 1. The van der Waals surface area contributed by atoms with Crippen LogP contribution in [0.2, 0.25) is 0 Å². The highest BCUT2D eigenvalue weighted by Crippen LogP contribution is 2.40. The number of aromatic nitrogens is 2. The first-order valence-electron chi connectivity index (χ1n) is 7.44. The second-order valence-corrected chi connectivity index (χ2v) is 6.05. The second kappa shape index (κ2) is 6.97. The van der Waals surface area contributed by atoms with Gasteiger partial charge in [-0.05, 0) is 32.4 Å². The zero-order valence-corrected chi connectivity index (χ0v) is 13.6. The average Bonchev–Trinajstić information content (AvgIpc) is 2.53. The summed E-state index contributed by atoms with van der Waals surface area (Å²) in [5.74, 6) is -0.284. The van der Waals surface area contributed by atoms with E-state index < -0.39 is 22.7 Å². The highest BCUT2D eigenvalue weighted by atomic mass is 19.4. The normalized spacial score (nSPS) is 11.8. The van der Waals surface area contributed by atoms with E-state index in [2.05, 4.69) is 16.0 Å². The Labute approximate surface area is 142 Å². The first-order valence-corrected chi connectivity index (χ1v) is 7.44. The lowest BCUT2D eigenvalue weighted by Crippen LogP contribution is -2.15. The molecule has 1 aromatic carbocycles. The Kier molecular flexibility index (Phi) is 5.16. The van der Waals surface area contributed by atoms with Gasteiger partial charge in [0.15, 0.2) is 0 Å². The molecular weight excluding hydrogens is 335 g/mol. The van der Waals surface area contributed by atoms with Crippen molar-refractivity contribution in [3.8, 4) is 23.2 Å². The van der Waals surface area contributed by atoms with E-state index in [0.29, 0.717) is 6.42 Å². The molecule has 0 saturated carbocycles. The highest BCUT2D eigenvalue weighted by molar-refractivity contribution is 5.69. The summed E-state index contributed by atoms with van der Waals surface area (Å²) < 4.78 is 45.6. The van der Waals surface area contributed by atoms with Crippen molar-refractivity contribution < 1.29 is 17.9 Å². The molecule has 0 fully saturated rings. The zero-order valence-electron chi connectivity index (χ0n) is 13.6. The molecule has 1 heterocycles. The van der Waals surface area contributed by atoms with Crippen LogP contribution in [0, 0.1) is 16.7 Å². The minimum Gasteiger partial charge on any atom is -0.493 e. The molecule has 0 bridgehead atoms. The van der Waals surface area contributed by atoms with Gasteiger partial charge in [-0.15, -0.1) is 0 Å². The van der Waals surface area contributed by atoms with Crippen LogP contribution in [0.25, 0.3) is 11.4 Å². The Balaban J connectivity index is 2.47. The number of halogens is 3. The third-order valence-corrected chi connectivity index (χ3v) is 3.53. The van der Waals surface area contributed by atoms with Gasteiger partial charge in [-0.2, -0.15) is 18.4 Å². The molecule has 0 saturated heterocycles. The van der Waals surface area contributed by atoms with E-state index in [1.54, 1.807) is 13.8 Å². The molecule has 8 heteroatoms. The molecule has 5 nitrogen and oxygen atoms in total. The molecule has 1 aromatic heterocycles. The Morgan fingerprint density at radius 1 is 1.28 bits per heavy atom. The Hall–Kier alpha value is -2.82. The third kappa shape index (κ3) is 4.59. The van der Waals surface area contributed by atoms with Gasteiger partial charge in [0.2, 0.25) is 0 Å². The lowest BCUT2D eigenvalue weighted by molar-refractivity contribution is -0.137. The van der Waals surface area contributed by atoms with Crippen molar-refractivity contribution in [1.82, 2.24) is 9.97 Å². The number of nitrogens with zero attached hydrogens (tertiary/aromatic N) is 2. The number of nitriles is 1. The monoisotopic (exact) mass is 351 g/mol. The van der Waals surface area contributed by atoms with Gasteiger partial charge in [-0.1, -0.05) is 6.07 Å². The van der Waals surface area contributed by atoms with E-state index in [4.69, 9.17) is 10.00 Å². The number of benzene rings is 1. The van der Waals surface area contributed by atoms with E-state index in [0.717, 1.165) is 18.3 Å². The van der Waals surface area contributed by atoms with Crippen molar-refractivity contribution >= 4 is 0 Å². The maximum Gasteiger partial charge on any atom is 0.417 e. The Morgan fingerprint density at radius 3 is 2.60 bits per heavy atom. The van der Waals surface area contributed by atoms with E-state index in [-0.39, 0.29) is 23.7 Å². The predicted octanol–water partition coefficient (Wildman–Crippen LogP) is 3.77. The maximum absolute atomic E-state index is 13.4. The number of H-pyrrole nitrogens is 1. The molecular formula is C17H16F3N3O2. The number of aromatic amines is 1. The van der Waals surface area contributed by atoms with Crippen molar-refractivity contribution in [1.29, 1.82) is 5.26 Å². The molecule has 0 aliphatic carbocycles. The van der Waals surface area contributed by atoms with E-state index in [1.807, 2.05) is 0 Å². The van der Waals surface area contributed by atoms with Crippen molar-refractivity contribution in [2.75, 3.05) is 6.61 Å². The van der Waals surface area contributed by atoms with Crippen molar-refractivity contribution in [3.05, 3.63) is 46.4 Å². The van der Waals surface area contributed by atoms with E-state index in [1.165, 1.54) is 12.1 Å². The Morgan fingerprint density at radius 2 is 2.00 bits per heavy atom. The minimum absolute atomic E-state index is 0.0476. The molecule has 0 radical (unpaired) electrons. The van der Waals surface area contributed by atoms with Crippen LogP contribution in [-0.4, -0.2) is 16.6 Å². The van der Waals surface area contributed by atoms with Gasteiger partial charge in [0.1, 0.15) is 11.6 Å². The van der Waals surface area contributed by atoms with Crippen LogP contribution in [0.5, 0.6) is 5.75 Å². The fraction of sp³-hybridized carbons (Fsp3) is 0.353. The molecule has 0 aliphatic heterocycles. The third-order valence-electron chi connectivity index (χ3n) is 3.53. The summed E-state index contributed by atoms with van der Waals surface area (Å²) in [4.78, 5) is 17.6. The average molecular weight is 351 g/mol. The number of hydrogen-bond donors (Lipinski definition) is 1. The maximum atomic E-state index is 13.4. The molecule has 2 aromatic rings. The zero-order chi connectivity index (χ0) is 18.7. The van der Waals surface area contributed by atoms with Gasteiger partial charge in [-0.3, -0.25) is 4.79 Å². The van der Waals surface area contributed by atoms with E-state index >= 15 is 0 Å². The highest BCUT2D eigenvalue weighted by Gasteiger charge is 2.36. The van der Waals surface area contributed by atoms with Crippen molar-refractivity contribution in [2.24, 2.45) is 5.41 Å². The summed E-state index contributed by atoms with van der Waals surface area (Å²) in [6.07, 6.45) is -3.18. The number of rotatable bonds is 5. The summed E-state index contributed by atoms with van der Waals surface area (Å²) in [6.45, 7) is 3.46.